The molecule has 88 valence electrons. The molecular weight excluding hydrogens is 218 g/mol. The van der Waals surface area contributed by atoms with Crippen LogP contribution in [0.25, 0.3) is 0 Å². The summed E-state index contributed by atoms with van der Waals surface area (Å²) in [5.74, 6) is 0. The van der Waals surface area contributed by atoms with Gasteiger partial charge >= 0.3 is 0 Å². The standard InChI is InChI=1S/C14H20ClN/c1-3-16-10-6-4-5-7-13-9-8-12(2)11-14(13)15/h4-5,8-9,11,16H,3,6-7,10H2,1-2H3/b5-4+. The normalized spacial score (nSPS) is 11.2. The van der Waals surface area contributed by atoms with E-state index < -0.39 is 0 Å². The van der Waals surface area contributed by atoms with E-state index in [1.807, 2.05) is 6.07 Å². The number of allylic oxidation sites excluding steroid dienone is 1. The van der Waals surface area contributed by atoms with E-state index in [1.165, 1.54) is 11.1 Å². The maximum atomic E-state index is 6.15. The Morgan fingerprint density at radius 2 is 2.12 bits per heavy atom. The van der Waals surface area contributed by atoms with Gasteiger partial charge in [0, 0.05) is 5.02 Å². The third-order valence-corrected chi connectivity index (χ3v) is 2.80. The summed E-state index contributed by atoms with van der Waals surface area (Å²) >= 11 is 6.15. The highest BCUT2D eigenvalue weighted by molar-refractivity contribution is 6.31. The topological polar surface area (TPSA) is 12.0 Å². The van der Waals surface area contributed by atoms with E-state index in [-0.39, 0.29) is 0 Å². The van der Waals surface area contributed by atoms with Crippen LogP contribution < -0.4 is 5.32 Å². The lowest BCUT2D eigenvalue weighted by molar-refractivity contribution is 0.726. The van der Waals surface area contributed by atoms with Crippen LogP contribution in [0.4, 0.5) is 0 Å². The first-order chi connectivity index (χ1) is 7.74. The van der Waals surface area contributed by atoms with Crippen LogP contribution in [0.15, 0.2) is 30.4 Å². The first kappa shape index (κ1) is 13.3. The number of rotatable bonds is 6. The Balaban J connectivity index is 2.36. The average molecular weight is 238 g/mol. The first-order valence-corrected chi connectivity index (χ1v) is 6.22. The maximum absolute atomic E-state index is 6.15. The van der Waals surface area contributed by atoms with Gasteiger partial charge in [0.05, 0.1) is 0 Å². The lowest BCUT2D eigenvalue weighted by atomic mass is 10.1. The highest BCUT2D eigenvalue weighted by Gasteiger charge is 1.97. The van der Waals surface area contributed by atoms with Crippen molar-refractivity contribution in [2.75, 3.05) is 13.1 Å². The molecule has 0 bridgehead atoms. The Bertz CT molecular complexity index is 345. The van der Waals surface area contributed by atoms with Crippen LogP contribution in [0.2, 0.25) is 5.02 Å². The van der Waals surface area contributed by atoms with Crippen molar-refractivity contribution in [1.82, 2.24) is 5.32 Å². The van der Waals surface area contributed by atoms with Crippen LogP contribution in [-0.2, 0) is 6.42 Å². The van der Waals surface area contributed by atoms with Crippen molar-refractivity contribution in [2.24, 2.45) is 0 Å². The highest BCUT2D eigenvalue weighted by Crippen LogP contribution is 2.18. The fourth-order valence-corrected chi connectivity index (χ4v) is 1.82. The molecule has 1 N–H and O–H groups in total. The van der Waals surface area contributed by atoms with E-state index in [4.69, 9.17) is 11.6 Å². The zero-order valence-corrected chi connectivity index (χ0v) is 10.8. The molecule has 0 heterocycles. The molecule has 16 heavy (non-hydrogen) atoms. The summed E-state index contributed by atoms with van der Waals surface area (Å²) in [6.45, 7) is 6.27. The average Bonchev–Trinajstić information content (AvgIpc) is 2.26. The molecule has 0 atom stereocenters. The van der Waals surface area contributed by atoms with Crippen molar-refractivity contribution >= 4 is 11.6 Å². The van der Waals surface area contributed by atoms with Crippen LogP contribution in [0.3, 0.4) is 0 Å². The van der Waals surface area contributed by atoms with Crippen molar-refractivity contribution in [3.63, 3.8) is 0 Å². The van der Waals surface area contributed by atoms with Gasteiger partial charge in [-0.15, -0.1) is 0 Å². The molecule has 0 unspecified atom stereocenters. The van der Waals surface area contributed by atoms with Gasteiger partial charge in [-0.05, 0) is 50.0 Å². The summed E-state index contributed by atoms with van der Waals surface area (Å²) in [5, 5.41) is 4.16. The zero-order chi connectivity index (χ0) is 11.8. The molecule has 1 aromatic rings. The summed E-state index contributed by atoms with van der Waals surface area (Å²) in [4.78, 5) is 0. The third kappa shape index (κ3) is 4.82. The highest BCUT2D eigenvalue weighted by atomic mass is 35.5. The summed E-state index contributed by atoms with van der Waals surface area (Å²) in [7, 11) is 0. The summed E-state index contributed by atoms with van der Waals surface area (Å²) < 4.78 is 0. The minimum Gasteiger partial charge on any atom is -0.317 e. The fourth-order valence-electron chi connectivity index (χ4n) is 1.51. The van der Waals surface area contributed by atoms with E-state index in [2.05, 4.69) is 43.4 Å². The van der Waals surface area contributed by atoms with Crippen LogP contribution in [0, 0.1) is 6.92 Å². The number of hydrogen-bond donors (Lipinski definition) is 1. The maximum Gasteiger partial charge on any atom is 0.0443 e. The van der Waals surface area contributed by atoms with Crippen molar-refractivity contribution in [3.8, 4) is 0 Å². The van der Waals surface area contributed by atoms with Gasteiger partial charge in [0.25, 0.3) is 0 Å². The molecule has 0 fully saturated rings. The zero-order valence-electron chi connectivity index (χ0n) is 10.1. The fraction of sp³-hybridized carbons (Fsp3) is 0.429. The van der Waals surface area contributed by atoms with E-state index >= 15 is 0 Å². The van der Waals surface area contributed by atoms with Crippen LogP contribution >= 0.6 is 11.6 Å². The van der Waals surface area contributed by atoms with Crippen molar-refractivity contribution in [3.05, 3.63) is 46.5 Å². The molecule has 0 aliphatic heterocycles. The van der Waals surface area contributed by atoms with Gasteiger partial charge in [0.1, 0.15) is 0 Å². The van der Waals surface area contributed by atoms with Crippen LogP contribution in [0.1, 0.15) is 24.5 Å². The Morgan fingerprint density at radius 3 is 2.81 bits per heavy atom. The van der Waals surface area contributed by atoms with Crippen LogP contribution in [-0.4, -0.2) is 13.1 Å². The molecule has 0 saturated heterocycles. The molecule has 2 heteroatoms. The minimum atomic E-state index is 0.872. The molecule has 1 aromatic carbocycles. The van der Waals surface area contributed by atoms with Gasteiger partial charge in [-0.1, -0.05) is 42.8 Å². The van der Waals surface area contributed by atoms with Gasteiger partial charge in [0.15, 0.2) is 0 Å². The SMILES string of the molecule is CCNCC/C=C/Cc1ccc(C)cc1Cl. The van der Waals surface area contributed by atoms with Gasteiger partial charge in [-0.2, -0.15) is 0 Å². The number of halogens is 1. The molecule has 0 spiro atoms. The Kier molecular flexibility index (Phi) is 6.20. The third-order valence-electron chi connectivity index (χ3n) is 2.45. The summed E-state index contributed by atoms with van der Waals surface area (Å²) in [5.41, 5.74) is 2.41. The number of benzene rings is 1. The van der Waals surface area contributed by atoms with Gasteiger partial charge in [-0.3, -0.25) is 0 Å². The Hall–Kier alpha value is -0.790. The predicted octanol–water partition coefficient (Wildman–Crippen LogP) is 3.75. The molecular formula is C14H20ClN. The van der Waals surface area contributed by atoms with E-state index in [0.717, 1.165) is 31.0 Å². The predicted molar refractivity (Wildman–Crippen MR) is 72.2 cm³/mol. The Labute approximate surface area is 104 Å². The van der Waals surface area contributed by atoms with Crippen molar-refractivity contribution in [2.45, 2.75) is 26.7 Å². The number of aryl methyl sites for hydroxylation is 1. The Morgan fingerprint density at radius 1 is 1.31 bits per heavy atom. The molecule has 0 aliphatic rings. The van der Waals surface area contributed by atoms with Crippen LogP contribution in [0.5, 0.6) is 0 Å². The summed E-state index contributed by atoms with van der Waals surface area (Å²) in [6.07, 6.45) is 6.40. The molecule has 1 rings (SSSR count). The molecule has 0 radical (unpaired) electrons. The van der Waals surface area contributed by atoms with Crippen molar-refractivity contribution < 1.29 is 0 Å². The molecule has 0 aromatic heterocycles. The van der Waals surface area contributed by atoms with E-state index in [9.17, 15) is 0 Å². The smallest absolute Gasteiger partial charge is 0.0443 e. The monoisotopic (exact) mass is 237 g/mol. The largest absolute Gasteiger partial charge is 0.317 e. The molecule has 0 aliphatic carbocycles. The minimum absolute atomic E-state index is 0.872. The van der Waals surface area contributed by atoms with E-state index in [0.29, 0.717) is 0 Å². The number of nitrogens with one attached hydrogen (secondary N) is 1. The molecule has 1 nitrogen and oxygen atoms in total. The van der Waals surface area contributed by atoms with Gasteiger partial charge < -0.3 is 5.32 Å². The van der Waals surface area contributed by atoms with Gasteiger partial charge in [0.2, 0.25) is 0 Å². The lowest BCUT2D eigenvalue weighted by Crippen LogP contribution is -2.12. The first-order valence-electron chi connectivity index (χ1n) is 5.84. The quantitative estimate of drug-likeness (QED) is 0.587. The second-order valence-electron chi connectivity index (χ2n) is 3.91. The van der Waals surface area contributed by atoms with Gasteiger partial charge in [-0.25, -0.2) is 0 Å². The summed E-state index contributed by atoms with van der Waals surface area (Å²) in [6, 6.07) is 6.23. The second kappa shape index (κ2) is 7.48. The number of hydrogen-bond acceptors (Lipinski definition) is 1. The molecule has 0 saturated carbocycles. The molecule has 0 amide bonds. The lowest BCUT2D eigenvalue weighted by Gasteiger charge is -2.02. The second-order valence-corrected chi connectivity index (χ2v) is 4.32. The van der Waals surface area contributed by atoms with Crippen molar-refractivity contribution in [1.29, 1.82) is 0 Å². The van der Waals surface area contributed by atoms with E-state index in [1.54, 1.807) is 0 Å².